The Hall–Kier alpha value is -2.87. The van der Waals surface area contributed by atoms with E-state index in [0.717, 1.165) is 35.2 Å². The highest BCUT2D eigenvalue weighted by atomic mass is 32.1. The molecular weight excluding hydrogens is 408 g/mol. The Bertz CT molecular complexity index is 1030. The Balaban J connectivity index is 1.35. The van der Waals surface area contributed by atoms with Crippen LogP contribution in [0.2, 0.25) is 0 Å². The minimum Gasteiger partial charge on any atom is -0.497 e. The van der Waals surface area contributed by atoms with Crippen molar-refractivity contribution in [3.63, 3.8) is 0 Å². The van der Waals surface area contributed by atoms with Gasteiger partial charge in [-0.3, -0.25) is 4.79 Å². The van der Waals surface area contributed by atoms with Gasteiger partial charge in [-0.15, -0.1) is 10.2 Å². The fraction of sp³-hybridized carbons (Fsp3) is 0.318. The summed E-state index contributed by atoms with van der Waals surface area (Å²) in [4.78, 5) is 14.5. The number of likely N-dealkylation sites (tertiary alicyclic amines) is 1. The van der Waals surface area contributed by atoms with Crippen LogP contribution < -0.4 is 4.74 Å². The smallest absolute Gasteiger partial charge is 0.226 e. The molecule has 0 atom stereocenters. The summed E-state index contributed by atoms with van der Waals surface area (Å²) in [6.45, 7) is 1.30. The van der Waals surface area contributed by atoms with E-state index in [1.165, 1.54) is 23.5 Å². The zero-order valence-corrected chi connectivity index (χ0v) is 17.3. The number of benzene rings is 2. The molecule has 156 valence electrons. The van der Waals surface area contributed by atoms with E-state index < -0.39 is 11.6 Å². The van der Waals surface area contributed by atoms with E-state index in [1.54, 1.807) is 7.11 Å². The van der Waals surface area contributed by atoms with E-state index in [4.69, 9.17) is 4.74 Å². The molecule has 2 heterocycles. The Morgan fingerprint density at radius 1 is 1.13 bits per heavy atom. The zero-order chi connectivity index (χ0) is 21.1. The number of rotatable bonds is 5. The molecule has 0 spiro atoms. The fourth-order valence-corrected chi connectivity index (χ4v) is 4.62. The number of carbonyl (C=O) groups excluding carboxylic acids is 1. The average Bonchev–Trinajstić information content (AvgIpc) is 3.24. The lowest BCUT2D eigenvalue weighted by Gasteiger charge is -2.31. The average molecular weight is 429 g/mol. The molecule has 5 nitrogen and oxygen atoms in total. The maximum atomic E-state index is 14.0. The Morgan fingerprint density at radius 2 is 1.87 bits per heavy atom. The number of piperidine rings is 1. The van der Waals surface area contributed by atoms with E-state index in [9.17, 15) is 13.6 Å². The first kappa shape index (κ1) is 20.4. The van der Waals surface area contributed by atoms with Crippen LogP contribution >= 0.6 is 11.3 Å². The normalized spacial score (nSPS) is 14.7. The predicted molar refractivity (Wildman–Crippen MR) is 111 cm³/mol. The number of halogens is 2. The van der Waals surface area contributed by atoms with Crippen LogP contribution in [0.15, 0.2) is 42.5 Å². The maximum Gasteiger partial charge on any atom is 0.226 e. The third-order valence-corrected chi connectivity index (χ3v) is 6.43. The molecule has 4 rings (SSSR count). The Kier molecular flexibility index (Phi) is 6.03. The van der Waals surface area contributed by atoms with Crippen molar-refractivity contribution in [2.75, 3.05) is 20.2 Å². The van der Waals surface area contributed by atoms with Gasteiger partial charge in [0, 0.05) is 30.6 Å². The molecule has 0 radical (unpaired) electrons. The zero-order valence-electron chi connectivity index (χ0n) is 16.5. The third kappa shape index (κ3) is 4.48. The first-order valence-corrected chi connectivity index (χ1v) is 10.5. The quantitative estimate of drug-likeness (QED) is 0.602. The molecule has 0 saturated carbocycles. The van der Waals surface area contributed by atoms with E-state index in [-0.39, 0.29) is 17.4 Å². The Morgan fingerprint density at radius 3 is 2.53 bits per heavy atom. The lowest BCUT2D eigenvalue weighted by atomic mass is 9.97. The highest BCUT2D eigenvalue weighted by molar-refractivity contribution is 7.14. The predicted octanol–water partition coefficient (Wildman–Crippen LogP) is 4.44. The number of nitrogens with zero attached hydrogens (tertiary/aromatic N) is 3. The standard InChI is InChI=1S/C22H21F2N3O2S/c1-29-17-5-2-14(3-6-17)12-20(28)27-10-8-15(9-11-27)21-25-26-22(30-21)18-7-4-16(23)13-19(18)24/h2-7,13,15H,8-12H2,1H3. The molecule has 0 bridgehead atoms. The van der Waals surface area contributed by atoms with E-state index in [0.29, 0.717) is 24.5 Å². The van der Waals surface area contributed by atoms with Gasteiger partial charge in [0.15, 0.2) is 5.01 Å². The van der Waals surface area contributed by atoms with Crippen LogP contribution in [0.1, 0.15) is 29.3 Å². The molecule has 1 aliphatic heterocycles. The number of ether oxygens (including phenoxy) is 1. The highest BCUT2D eigenvalue weighted by Crippen LogP contribution is 2.34. The highest BCUT2D eigenvalue weighted by Gasteiger charge is 2.26. The first-order valence-electron chi connectivity index (χ1n) is 9.73. The summed E-state index contributed by atoms with van der Waals surface area (Å²) < 4.78 is 32.3. The number of hydrogen-bond donors (Lipinski definition) is 0. The van der Waals surface area contributed by atoms with Crippen LogP contribution in [0.4, 0.5) is 8.78 Å². The van der Waals surface area contributed by atoms with E-state index >= 15 is 0 Å². The van der Waals surface area contributed by atoms with Crippen LogP contribution in [0.25, 0.3) is 10.6 Å². The van der Waals surface area contributed by atoms with Gasteiger partial charge >= 0.3 is 0 Å². The minimum atomic E-state index is -0.642. The van der Waals surface area contributed by atoms with Crippen LogP contribution in [0.3, 0.4) is 0 Å². The second-order valence-corrected chi connectivity index (χ2v) is 8.26. The molecule has 0 unspecified atom stereocenters. The van der Waals surface area contributed by atoms with Gasteiger partial charge in [0.25, 0.3) is 0 Å². The summed E-state index contributed by atoms with van der Waals surface area (Å²) in [5.41, 5.74) is 1.21. The van der Waals surface area contributed by atoms with E-state index in [1.807, 2.05) is 29.2 Å². The van der Waals surface area contributed by atoms with Crippen molar-refractivity contribution in [3.05, 3.63) is 64.7 Å². The number of amides is 1. The van der Waals surface area contributed by atoms with Gasteiger partial charge in [0.05, 0.1) is 13.5 Å². The molecule has 0 N–H and O–H groups in total. The van der Waals surface area contributed by atoms with Gasteiger partial charge in [0.1, 0.15) is 22.4 Å². The minimum absolute atomic E-state index is 0.102. The molecule has 1 aromatic heterocycles. The molecule has 1 amide bonds. The number of carbonyl (C=O) groups is 1. The van der Waals surface area contributed by atoms with Crippen molar-refractivity contribution in [2.45, 2.75) is 25.2 Å². The molecule has 3 aromatic rings. The fourth-order valence-electron chi connectivity index (χ4n) is 3.58. The summed E-state index contributed by atoms with van der Waals surface area (Å²) in [6.07, 6.45) is 1.94. The maximum absolute atomic E-state index is 14.0. The van der Waals surface area contributed by atoms with Crippen LogP contribution in [0.5, 0.6) is 5.75 Å². The van der Waals surface area contributed by atoms with Crippen molar-refractivity contribution in [3.8, 4) is 16.3 Å². The molecule has 30 heavy (non-hydrogen) atoms. The summed E-state index contributed by atoms with van der Waals surface area (Å²) in [7, 11) is 1.61. The number of hydrogen-bond acceptors (Lipinski definition) is 5. The topological polar surface area (TPSA) is 55.3 Å². The number of methoxy groups -OCH3 is 1. The number of aromatic nitrogens is 2. The van der Waals surface area contributed by atoms with Crippen molar-refractivity contribution >= 4 is 17.2 Å². The molecule has 1 aliphatic rings. The van der Waals surface area contributed by atoms with Crippen molar-refractivity contribution in [2.24, 2.45) is 0 Å². The molecule has 8 heteroatoms. The van der Waals surface area contributed by atoms with Gasteiger partial charge < -0.3 is 9.64 Å². The molecular formula is C22H21F2N3O2S. The first-order chi connectivity index (χ1) is 14.5. The third-order valence-electron chi connectivity index (χ3n) is 5.31. The lowest BCUT2D eigenvalue weighted by molar-refractivity contribution is -0.131. The summed E-state index contributed by atoms with van der Waals surface area (Å²) in [5, 5.41) is 9.59. The molecule has 0 aliphatic carbocycles. The summed E-state index contributed by atoms with van der Waals surface area (Å²) in [6, 6.07) is 11.0. The molecule has 2 aromatic carbocycles. The van der Waals surface area contributed by atoms with Crippen molar-refractivity contribution in [1.82, 2.24) is 15.1 Å². The van der Waals surface area contributed by atoms with E-state index in [2.05, 4.69) is 10.2 Å². The lowest BCUT2D eigenvalue weighted by Crippen LogP contribution is -2.38. The van der Waals surface area contributed by atoms with Gasteiger partial charge in [-0.1, -0.05) is 23.5 Å². The second kappa shape index (κ2) is 8.87. The van der Waals surface area contributed by atoms with Gasteiger partial charge in [-0.25, -0.2) is 8.78 Å². The van der Waals surface area contributed by atoms with Gasteiger partial charge in [0.2, 0.25) is 5.91 Å². The summed E-state index contributed by atoms with van der Waals surface area (Å²) in [5.74, 6) is -0.206. The van der Waals surface area contributed by atoms with Gasteiger partial charge in [-0.05, 0) is 42.7 Å². The second-order valence-electron chi connectivity index (χ2n) is 7.25. The van der Waals surface area contributed by atoms with Crippen LogP contribution in [-0.4, -0.2) is 41.2 Å². The van der Waals surface area contributed by atoms with Crippen molar-refractivity contribution in [1.29, 1.82) is 0 Å². The monoisotopic (exact) mass is 429 g/mol. The van der Waals surface area contributed by atoms with Gasteiger partial charge in [-0.2, -0.15) is 0 Å². The largest absolute Gasteiger partial charge is 0.497 e. The van der Waals surface area contributed by atoms with Crippen LogP contribution in [0, 0.1) is 11.6 Å². The molecule has 1 saturated heterocycles. The van der Waals surface area contributed by atoms with Crippen LogP contribution in [-0.2, 0) is 11.2 Å². The van der Waals surface area contributed by atoms with Crippen molar-refractivity contribution < 1.29 is 18.3 Å². The Labute approximate surface area is 177 Å². The SMILES string of the molecule is COc1ccc(CC(=O)N2CCC(c3nnc(-c4ccc(F)cc4F)s3)CC2)cc1. The molecule has 1 fully saturated rings. The summed E-state index contributed by atoms with van der Waals surface area (Å²) >= 11 is 1.33.